The van der Waals surface area contributed by atoms with Gasteiger partial charge in [-0.05, 0) is 73.7 Å². The molecule has 0 spiro atoms. The first-order valence-electron chi connectivity index (χ1n) is 10.2. The van der Waals surface area contributed by atoms with Gasteiger partial charge >= 0.3 is 11.9 Å². The van der Waals surface area contributed by atoms with Gasteiger partial charge in [-0.25, -0.2) is 9.59 Å². The second kappa shape index (κ2) is 11.1. The third-order valence-electron chi connectivity index (χ3n) is 4.80. The van der Waals surface area contributed by atoms with E-state index < -0.39 is 23.4 Å². The number of amides is 2. The summed E-state index contributed by atoms with van der Waals surface area (Å²) >= 11 is 1.28. The Morgan fingerprint density at radius 1 is 0.714 bits per heavy atom. The van der Waals surface area contributed by atoms with Crippen LogP contribution in [0.15, 0.2) is 71.6 Å². The van der Waals surface area contributed by atoms with Crippen LogP contribution in [0.1, 0.15) is 48.4 Å². The number of carbonyl (C=O) groups excluding carboxylic acids is 3. The number of carboxylic acids is 2. The van der Waals surface area contributed by atoms with Crippen molar-refractivity contribution < 1.29 is 34.2 Å². The van der Waals surface area contributed by atoms with Crippen LogP contribution in [0.2, 0.25) is 0 Å². The quantitative estimate of drug-likeness (QED) is 0.255. The highest BCUT2D eigenvalue weighted by molar-refractivity contribution is 8.00. The number of Topliss-reactive ketones (excluding diaryl/α,β-unsaturated/α-hetero) is 1. The van der Waals surface area contributed by atoms with Crippen LogP contribution in [0, 0.1) is 0 Å². The molecule has 0 aliphatic rings. The standard InChI is InChI=1S/C25H20N2O7S/c1-14(28)15-2-5-17(6-3-15)26-22(29)13-35-19-9-7-18(8-10-19)27-23(30)20-11-4-16(24(31)32)12-21(20)25(33)34/h2-12H,13H2,1H3,(H,26,29)(H,27,30)(H,31,32)(H,33,34). The number of hydrogen-bond donors (Lipinski definition) is 4. The number of rotatable bonds is 9. The first kappa shape index (κ1) is 25.2. The molecule has 4 N–H and O–H groups in total. The molecular formula is C25H20N2O7S. The molecule has 0 saturated heterocycles. The lowest BCUT2D eigenvalue weighted by Gasteiger charge is -2.10. The van der Waals surface area contributed by atoms with Gasteiger partial charge in [0.2, 0.25) is 5.91 Å². The fourth-order valence-electron chi connectivity index (χ4n) is 3.02. The van der Waals surface area contributed by atoms with Crippen molar-refractivity contribution in [2.75, 3.05) is 16.4 Å². The van der Waals surface area contributed by atoms with E-state index in [0.29, 0.717) is 16.9 Å². The van der Waals surface area contributed by atoms with Crippen LogP contribution in [0.3, 0.4) is 0 Å². The highest BCUT2D eigenvalue weighted by Gasteiger charge is 2.19. The van der Waals surface area contributed by atoms with E-state index in [1.807, 2.05) is 0 Å². The van der Waals surface area contributed by atoms with Gasteiger partial charge in [0.25, 0.3) is 5.91 Å². The summed E-state index contributed by atoms with van der Waals surface area (Å²) in [5.74, 6) is -3.57. The summed E-state index contributed by atoms with van der Waals surface area (Å²) in [6, 6.07) is 16.4. The maximum Gasteiger partial charge on any atom is 0.336 e. The summed E-state index contributed by atoms with van der Waals surface area (Å²) in [5.41, 5.74) is 0.702. The monoisotopic (exact) mass is 492 g/mol. The van der Waals surface area contributed by atoms with Crippen LogP contribution in [0.4, 0.5) is 11.4 Å². The highest BCUT2D eigenvalue weighted by atomic mass is 32.2. The number of nitrogens with one attached hydrogen (secondary N) is 2. The van der Waals surface area contributed by atoms with Crippen molar-refractivity contribution >= 4 is 52.7 Å². The van der Waals surface area contributed by atoms with Crippen LogP contribution in [0.25, 0.3) is 0 Å². The fourth-order valence-corrected chi connectivity index (χ4v) is 3.72. The largest absolute Gasteiger partial charge is 0.478 e. The summed E-state index contributed by atoms with van der Waals surface area (Å²) in [6.45, 7) is 1.47. The third kappa shape index (κ3) is 6.78. The number of ketones is 1. The SMILES string of the molecule is CC(=O)c1ccc(NC(=O)CSc2ccc(NC(=O)c3ccc(C(=O)O)cc3C(=O)O)cc2)cc1. The van der Waals surface area contributed by atoms with Gasteiger partial charge in [-0.15, -0.1) is 11.8 Å². The molecule has 0 fully saturated rings. The molecule has 178 valence electrons. The number of carboxylic acid groups (broad SMARTS) is 2. The fraction of sp³-hybridized carbons (Fsp3) is 0.0800. The lowest BCUT2D eigenvalue weighted by Crippen LogP contribution is -2.17. The van der Waals surface area contributed by atoms with Crippen molar-refractivity contribution in [1.29, 1.82) is 0 Å². The molecule has 35 heavy (non-hydrogen) atoms. The van der Waals surface area contributed by atoms with Crippen molar-refractivity contribution in [2.45, 2.75) is 11.8 Å². The Morgan fingerprint density at radius 2 is 1.29 bits per heavy atom. The molecule has 0 heterocycles. The van der Waals surface area contributed by atoms with E-state index in [-0.39, 0.29) is 28.6 Å². The molecule has 0 aliphatic heterocycles. The maximum absolute atomic E-state index is 12.6. The van der Waals surface area contributed by atoms with Gasteiger partial charge in [-0.2, -0.15) is 0 Å². The van der Waals surface area contributed by atoms with E-state index in [1.54, 1.807) is 48.5 Å². The molecule has 0 aliphatic carbocycles. The zero-order valence-corrected chi connectivity index (χ0v) is 19.2. The van der Waals surface area contributed by atoms with Crippen molar-refractivity contribution in [3.63, 3.8) is 0 Å². The summed E-state index contributed by atoms with van der Waals surface area (Å²) in [6.07, 6.45) is 0. The van der Waals surface area contributed by atoms with Gasteiger partial charge in [0.15, 0.2) is 5.78 Å². The smallest absolute Gasteiger partial charge is 0.336 e. The molecule has 0 atom stereocenters. The van der Waals surface area contributed by atoms with Crippen molar-refractivity contribution in [3.8, 4) is 0 Å². The zero-order chi connectivity index (χ0) is 25.5. The number of aromatic carboxylic acids is 2. The first-order valence-corrected chi connectivity index (χ1v) is 11.2. The minimum atomic E-state index is -1.42. The zero-order valence-electron chi connectivity index (χ0n) is 18.4. The number of anilines is 2. The number of benzene rings is 3. The second-order valence-corrected chi connectivity index (χ2v) is 8.37. The molecule has 3 aromatic rings. The second-order valence-electron chi connectivity index (χ2n) is 7.32. The van der Waals surface area contributed by atoms with Crippen LogP contribution in [0.5, 0.6) is 0 Å². The molecule has 9 nitrogen and oxygen atoms in total. The number of thioether (sulfide) groups is 1. The summed E-state index contributed by atoms with van der Waals surface area (Å²) in [7, 11) is 0. The van der Waals surface area contributed by atoms with Crippen LogP contribution < -0.4 is 10.6 Å². The Hall–Kier alpha value is -4.44. The van der Waals surface area contributed by atoms with Gasteiger partial charge in [0, 0.05) is 21.8 Å². The van der Waals surface area contributed by atoms with E-state index in [1.165, 1.54) is 18.7 Å². The maximum atomic E-state index is 12.6. The topological polar surface area (TPSA) is 150 Å². The number of carbonyl (C=O) groups is 5. The Kier molecular flexibility index (Phi) is 8.00. The molecule has 0 bridgehead atoms. The van der Waals surface area contributed by atoms with E-state index in [2.05, 4.69) is 10.6 Å². The Balaban J connectivity index is 1.57. The predicted octanol–water partition coefficient (Wildman–Crippen LogP) is 4.27. The summed E-state index contributed by atoms with van der Waals surface area (Å²) < 4.78 is 0. The van der Waals surface area contributed by atoms with Gasteiger partial charge in [-0.3, -0.25) is 14.4 Å². The Labute approximate surface area is 204 Å². The lowest BCUT2D eigenvalue weighted by atomic mass is 10.0. The minimum absolute atomic E-state index is 0.0588. The highest BCUT2D eigenvalue weighted by Crippen LogP contribution is 2.22. The van der Waals surface area contributed by atoms with Gasteiger partial charge in [0.1, 0.15) is 0 Å². The minimum Gasteiger partial charge on any atom is -0.478 e. The van der Waals surface area contributed by atoms with Crippen LogP contribution in [-0.2, 0) is 4.79 Å². The normalized spacial score (nSPS) is 10.3. The molecule has 0 unspecified atom stereocenters. The van der Waals surface area contributed by atoms with Crippen molar-refractivity contribution in [1.82, 2.24) is 0 Å². The molecular weight excluding hydrogens is 472 g/mol. The molecule has 0 saturated carbocycles. The predicted molar refractivity (Wildman–Crippen MR) is 131 cm³/mol. The van der Waals surface area contributed by atoms with Crippen LogP contribution >= 0.6 is 11.8 Å². The molecule has 0 aromatic heterocycles. The third-order valence-corrected chi connectivity index (χ3v) is 5.81. The van der Waals surface area contributed by atoms with E-state index in [0.717, 1.165) is 23.1 Å². The van der Waals surface area contributed by atoms with E-state index >= 15 is 0 Å². The van der Waals surface area contributed by atoms with E-state index in [4.69, 9.17) is 5.11 Å². The molecule has 3 aromatic carbocycles. The Morgan fingerprint density at radius 3 is 1.86 bits per heavy atom. The van der Waals surface area contributed by atoms with Gasteiger partial charge < -0.3 is 20.8 Å². The average molecular weight is 493 g/mol. The van der Waals surface area contributed by atoms with Gasteiger partial charge in [-0.1, -0.05) is 0 Å². The Bertz CT molecular complexity index is 1300. The first-order chi connectivity index (χ1) is 16.6. The molecule has 10 heteroatoms. The number of hydrogen-bond acceptors (Lipinski definition) is 6. The summed E-state index contributed by atoms with van der Waals surface area (Å²) in [5, 5.41) is 23.7. The molecule has 0 radical (unpaired) electrons. The summed E-state index contributed by atoms with van der Waals surface area (Å²) in [4.78, 5) is 59.3. The average Bonchev–Trinajstić information content (AvgIpc) is 2.83. The van der Waals surface area contributed by atoms with Crippen LogP contribution in [-0.4, -0.2) is 45.5 Å². The van der Waals surface area contributed by atoms with Crippen molar-refractivity contribution in [3.05, 3.63) is 89.0 Å². The lowest BCUT2D eigenvalue weighted by molar-refractivity contribution is -0.113. The van der Waals surface area contributed by atoms with E-state index in [9.17, 15) is 29.1 Å². The molecule has 3 rings (SSSR count). The van der Waals surface area contributed by atoms with Crippen molar-refractivity contribution in [2.24, 2.45) is 0 Å². The molecule has 2 amide bonds. The van der Waals surface area contributed by atoms with Gasteiger partial charge in [0.05, 0.1) is 22.4 Å².